The van der Waals surface area contributed by atoms with Crippen molar-refractivity contribution in [1.82, 2.24) is 0 Å². The Balaban J connectivity index is 1.86. The van der Waals surface area contributed by atoms with Gasteiger partial charge in [-0.05, 0) is 42.3 Å². The van der Waals surface area contributed by atoms with Gasteiger partial charge in [0.15, 0.2) is 0 Å². The first-order valence-corrected chi connectivity index (χ1v) is 10.0. The second kappa shape index (κ2) is 8.63. The van der Waals surface area contributed by atoms with Crippen LogP contribution in [0.25, 0.3) is 5.57 Å². The van der Waals surface area contributed by atoms with Crippen molar-refractivity contribution in [3.05, 3.63) is 95.2 Å². The molecule has 3 aromatic carbocycles. The molecule has 0 saturated heterocycles. The molecule has 7 heteroatoms. The van der Waals surface area contributed by atoms with Crippen molar-refractivity contribution < 1.29 is 23.1 Å². The van der Waals surface area contributed by atoms with E-state index in [-0.39, 0.29) is 11.3 Å². The molecule has 0 saturated carbocycles. The topological polar surface area (TPSA) is 58.6 Å². The van der Waals surface area contributed by atoms with Gasteiger partial charge >= 0.3 is 0 Å². The first-order chi connectivity index (χ1) is 15.4. The van der Waals surface area contributed by atoms with Crippen molar-refractivity contribution in [2.75, 3.05) is 17.3 Å². The average molecular weight is 434 g/mol. The van der Waals surface area contributed by atoms with Gasteiger partial charge in [0.25, 0.3) is 11.8 Å². The summed E-state index contributed by atoms with van der Waals surface area (Å²) in [6.07, 6.45) is 0.847. The van der Waals surface area contributed by atoms with Gasteiger partial charge in [0.1, 0.15) is 23.1 Å². The fraction of sp³-hybridized carbons (Fsp3) is 0.120. The van der Waals surface area contributed by atoms with Gasteiger partial charge in [-0.1, -0.05) is 37.3 Å². The lowest BCUT2D eigenvalue weighted by atomic mass is 10.0. The third kappa shape index (κ3) is 3.73. The number of halogens is 2. The summed E-state index contributed by atoms with van der Waals surface area (Å²) in [4.78, 5) is 27.4. The van der Waals surface area contributed by atoms with Gasteiger partial charge in [-0.2, -0.15) is 0 Å². The first kappa shape index (κ1) is 21.2. The summed E-state index contributed by atoms with van der Waals surface area (Å²) < 4.78 is 33.7. The summed E-state index contributed by atoms with van der Waals surface area (Å²) in [5.74, 6) is -2.86. The highest BCUT2D eigenvalue weighted by atomic mass is 19.1. The molecule has 3 aromatic rings. The number of carbonyl (C=O) groups is 2. The smallest absolute Gasteiger partial charge is 0.282 e. The number of hydrogen-bond acceptors (Lipinski definition) is 4. The number of benzene rings is 3. The van der Waals surface area contributed by atoms with Gasteiger partial charge in [-0.25, -0.2) is 13.7 Å². The number of ether oxygens (including phenoxy) is 1. The second-order valence-corrected chi connectivity index (χ2v) is 7.17. The minimum Gasteiger partial charge on any atom is -0.496 e. The van der Waals surface area contributed by atoms with Crippen molar-refractivity contribution in [2.24, 2.45) is 0 Å². The van der Waals surface area contributed by atoms with E-state index in [1.807, 2.05) is 19.1 Å². The Morgan fingerprint density at radius 2 is 1.66 bits per heavy atom. The van der Waals surface area contributed by atoms with Gasteiger partial charge in [0, 0.05) is 17.3 Å². The Labute approximate surface area is 183 Å². The molecule has 4 rings (SSSR count). The van der Waals surface area contributed by atoms with Crippen LogP contribution in [0.4, 0.5) is 20.2 Å². The molecule has 1 N–H and O–H groups in total. The lowest BCUT2D eigenvalue weighted by Gasteiger charge is -2.16. The minimum absolute atomic E-state index is 0.00989. The highest BCUT2D eigenvalue weighted by Crippen LogP contribution is 2.38. The molecule has 0 spiro atoms. The normalized spacial score (nSPS) is 13.7. The number of amides is 2. The molecule has 1 aliphatic rings. The quantitative estimate of drug-likeness (QED) is 0.559. The molecule has 5 nitrogen and oxygen atoms in total. The minimum atomic E-state index is -0.888. The molecule has 0 atom stereocenters. The van der Waals surface area contributed by atoms with Crippen LogP contribution in [0.1, 0.15) is 18.1 Å². The van der Waals surface area contributed by atoms with Crippen LogP contribution in [0.5, 0.6) is 5.75 Å². The van der Waals surface area contributed by atoms with Crippen molar-refractivity contribution in [1.29, 1.82) is 0 Å². The van der Waals surface area contributed by atoms with Gasteiger partial charge in [0.05, 0.1) is 18.4 Å². The number of para-hydroxylation sites is 1. The Hall–Kier alpha value is -4.00. The number of hydrogen-bond donors (Lipinski definition) is 1. The highest BCUT2D eigenvalue weighted by molar-refractivity contribution is 6.46. The van der Waals surface area contributed by atoms with Gasteiger partial charge in [0.2, 0.25) is 0 Å². The molecule has 1 aliphatic heterocycles. The molecular formula is C25H20F2N2O3. The monoisotopic (exact) mass is 434 g/mol. The van der Waals surface area contributed by atoms with E-state index < -0.39 is 29.1 Å². The van der Waals surface area contributed by atoms with Crippen molar-refractivity contribution in [3.63, 3.8) is 0 Å². The number of aryl methyl sites for hydroxylation is 1. The second-order valence-electron chi connectivity index (χ2n) is 7.17. The predicted octanol–water partition coefficient (Wildman–Crippen LogP) is 4.93. The van der Waals surface area contributed by atoms with E-state index in [1.54, 1.807) is 36.4 Å². The van der Waals surface area contributed by atoms with Crippen LogP contribution < -0.4 is 15.0 Å². The zero-order valence-corrected chi connectivity index (χ0v) is 17.5. The molecule has 0 unspecified atom stereocenters. The lowest BCUT2D eigenvalue weighted by Crippen LogP contribution is -2.33. The predicted molar refractivity (Wildman–Crippen MR) is 118 cm³/mol. The van der Waals surface area contributed by atoms with Crippen LogP contribution in [0.3, 0.4) is 0 Å². The van der Waals surface area contributed by atoms with E-state index in [0.29, 0.717) is 21.9 Å². The zero-order valence-electron chi connectivity index (χ0n) is 17.5. The summed E-state index contributed by atoms with van der Waals surface area (Å²) in [5, 5.41) is 3.00. The number of anilines is 2. The van der Waals surface area contributed by atoms with E-state index in [1.165, 1.54) is 7.11 Å². The van der Waals surface area contributed by atoms with Crippen LogP contribution >= 0.6 is 0 Å². The third-order valence-corrected chi connectivity index (χ3v) is 5.24. The molecule has 0 fully saturated rings. The van der Waals surface area contributed by atoms with E-state index in [4.69, 9.17) is 4.74 Å². The molecule has 0 radical (unpaired) electrons. The summed E-state index contributed by atoms with van der Waals surface area (Å²) in [6.45, 7) is 2.02. The average Bonchev–Trinajstić information content (AvgIpc) is 3.05. The number of methoxy groups -OCH3 is 1. The van der Waals surface area contributed by atoms with Crippen LogP contribution in [0.15, 0.2) is 72.4 Å². The standard InChI is InChI=1S/C25H20F2N2O3/c1-3-15-8-11-17(12-9-15)28-23-22(18-6-4-5-7-21(18)32-2)24(30)29(25(23)31)20-14-16(26)10-13-19(20)27/h4-14,28H,3H2,1-2H3. The van der Waals surface area contributed by atoms with Crippen molar-refractivity contribution >= 4 is 28.8 Å². The molecule has 1 heterocycles. The SMILES string of the molecule is CCc1ccc(NC2=C(c3ccccc3OC)C(=O)N(c3cc(F)ccc3F)C2=O)cc1. The summed E-state index contributed by atoms with van der Waals surface area (Å²) >= 11 is 0. The molecule has 0 aromatic heterocycles. The Morgan fingerprint density at radius 3 is 2.34 bits per heavy atom. The van der Waals surface area contributed by atoms with Crippen LogP contribution in [0.2, 0.25) is 0 Å². The summed E-state index contributed by atoms with van der Waals surface area (Å²) in [6, 6.07) is 16.7. The molecule has 0 aliphatic carbocycles. The summed E-state index contributed by atoms with van der Waals surface area (Å²) in [5.41, 5.74) is 1.55. The zero-order chi connectivity index (χ0) is 22.8. The van der Waals surface area contributed by atoms with Crippen molar-refractivity contribution in [3.8, 4) is 5.75 Å². The molecule has 162 valence electrons. The Bertz CT molecular complexity index is 1240. The highest BCUT2D eigenvalue weighted by Gasteiger charge is 2.42. The molecule has 32 heavy (non-hydrogen) atoms. The summed E-state index contributed by atoms with van der Waals surface area (Å²) in [7, 11) is 1.45. The van der Waals surface area contributed by atoms with Gasteiger partial charge in [-0.3, -0.25) is 9.59 Å². The van der Waals surface area contributed by atoms with E-state index in [0.717, 1.165) is 30.2 Å². The lowest BCUT2D eigenvalue weighted by molar-refractivity contribution is -0.120. The van der Waals surface area contributed by atoms with Gasteiger partial charge in [-0.15, -0.1) is 0 Å². The Kier molecular flexibility index (Phi) is 5.73. The van der Waals surface area contributed by atoms with Crippen LogP contribution in [-0.2, 0) is 16.0 Å². The largest absolute Gasteiger partial charge is 0.496 e. The van der Waals surface area contributed by atoms with Gasteiger partial charge < -0.3 is 10.1 Å². The number of nitrogens with zero attached hydrogens (tertiary/aromatic N) is 1. The maximum absolute atomic E-state index is 14.5. The van der Waals surface area contributed by atoms with E-state index in [9.17, 15) is 18.4 Å². The number of nitrogens with one attached hydrogen (secondary N) is 1. The number of imide groups is 1. The Morgan fingerprint density at radius 1 is 0.938 bits per heavy atom. The third-order valence-electron chi connectivity index (χ3n) is 5.24. The van der Waals surface area contributed by atoms with Crippen LogP contribution in [0, 0.1) is 11.6 Å². The molecule has 2 amide bonds. The van der Waals surface area contributed by atoms with Crippen molar-refractivity contribution in [2.45, 2.75) is 13.3 Å². The molecule has 0 bridgehead atoms. The van der Waals surface area contributed by atoms with E-state index >= 15 is 0 Å². The first-order valence-electron chi connectivity index (χ1n) is 10.0. The molecular weight excluding hydrogens is 414 g/mol. The van der Waals surface area contributed by atoms with E-state index in [2.05, 4.69) is 5.32 Å². The number of carbonyl (C=O) groups excluding carboxylic acids is 2. The fourth-order valence-corrected chi connectivity index (χ4v) is 3.59. The maximum Gasteiger partial charge on any atom is 0.282 e. The number of rotatable bonds is 6. The maximum atomic E-state index is 14.5. The fourth-order valence-electron chi connectivity index (χ4n) is 3.59. The van der Waals surface area contributed by atoms with Crippen LogP contribution in [-0.4, -0.2) is 18.9 Å².